The molecule has 0 saturated heterocycles. The smallest absolute Gasteiger partial charge is 0.416 e. The molecule has 0 amide bonds. The molecule has 18 heavy (non-hydrogen) atoms. The number of benzene rings is 1. The van der Waals surface area contributed by atoms with E-state index in [-0.39, 0.29) is 12.0 Å². The third-order valence-electron chi connectivity index (χ3n) is 3.33. The number of carbonyl (C=O) groups is 1. The molecule has 0 fully saturated rings. The van der Waals surface area contributed by atoms with Gasteiger partial charge in [-0.1, -0.05) is 12.1 Å². The maximum Gasteiger partial charge on any atom is 0.416 e. The number of rotatable bonds is 1. The Bertz CT molecular complexity index is 466. The third-order valence-corrected chi connectivity index (χ3v) is 3.33. The fraction of sp³-hybridized carbons (Fsp3) is 0.462. The predicted molar refractivity (Wildman–Crippen MR) is 59.0 cm³/mol. The van der Waals surface area contributed by atoms with Crippen LogP contribution in [0.5, 0.6) is 0 Å². The van der Waals surface area contributed by atoms with Crippen LogP contribution in [0.15, 0.2) is 18.2 Å². The summed E-state index contributed by atoms with van der Waals surface area (Å²) in [5.74, 6) is -0.899. The molecule has 2 rings (SSSR count). The predicted octanol–water partition coefficient (Wildman–Crippen LogP) is 2.98. The first kappa shape index (κ1) is 12.9. The average molecular weight is 258 g/mol. The number of esters is 1. The highest BCUT2D eigenvalue weighted by Gasteiger charge is 2.37. The van der Waals surface area contributed by atoms with Crippen LogP contribution in [-0.4, -0.2) is 13.1 Å². The monoisotopic (exact) mass is 258 g/mol. The first-order chi connectivity index (χ1) is 8.43. The Morgan fingerprint density at radius 1 is 1.39 bits per heavy atom. The highest BCUT2D eigenvalue weighted by molar-refractivity contribution is 5.73. The molecule has 0 spiro atoms. The van der Waals surface area contributed by atoms with E-state index in [2.05, 4.69) is 4.74 Å². The van der Waals surface area contributed by atoms with Crippen LogP contribution in [-0.2, 0) is 28.5 Å². The van der Waals surface area contributed by atoms with Gasteiger partial charge in [-0.15, -0.1) is 0 Å². The lowest BCUT2D eigenvalue weighted by atomic mass is 9.81. The van der Waals surface area contributed by atoms with Crippen molar-refractivity contribution in [2.75, 3.05) is 7.11 Å². The van der Waals surface area contributed by atoms with E-state index in [1.54, 1.807) is 6.07 Å². The Morgan fingerprint density at radius 2 is 2.11 bits per heavy atom. The molecule has 1 atom stereocenters. The summed E-state index contributed by atoms with van der Waals surface area (Å²) in [6.45, 7) is 0. The molecule has 1 aromatic rings. The summed E-state index contributed by atoms with van der Waals surface area (Å²) in [6, 6.07) is 4.18. The lowest BCUT2D eigenvalue weighted by Gasteiger charge is -2.25. The SMILES string of the molecule is COC(=O)C1CCc2cccc(C(F)(F)F)c2C1. The molecule has 98 valence electrons. The summed E-state index contributed by atoms with van der Waals surface area (Å²) in [6.07, 6.45) is -3.24. The van der Waals surface area contributed by atoms with E-state index in [0.717, 1.165) is 6.07 Å². The summed E-state index contributed by atoms with van der Waals surface area (Å²) >= 11 is 0. The van der Waals surface area contributed by atoms with Crippen LogP contribution in [0.1, 0.15) is 23.1 Å². The van der Waals surface area contributed by atoms with Crippen molar-refractivity contribution in [1.82, 2.24) is 0 Å². The van der Waals surface area contributed by atoms with Gasteiger partial charge < -0.3 is 4.74 Å². The minimum absolute atomic E-state index is 0.109. The van der Waals surface area contributed by atoms with Gasteiger partial charge in [0.25, 0.3) is 0 Å². The lowest BCUT2D eigenvalue weighted by molar-refractivity contribution is -0.147. The molecule has 1 unspecified atom stereocenters. The number of fused-ring (bicyclic) bond motifs is 1. The van der Waals surface area contributed by atoms with Gasteiger partial charge in [-0.3, -0.25) is 4.79 Å². The van der Waals surface area contributed by atoms with Gasteiger partial charge in [0.2, 0.25) is 0 Å². The molecule has 0 saturated carbocycles. The standard InChI is InChI=1S/C13H13F3O2/c1-18-12(17)9-6-5-8-3-2-4-11(10(8)7-9)13(14,15)16/h2-4,9H,5-7H2,1H3. The van der Waals surface area contributed by atoms with Gasteiger partial charge in [0, 0.05) is 0 Å². The molecule has 0 heterocycles. The molecule has 0 aromatic heterocycles. The number of carbonyl (C=O) groups excluding carboxylic acids is 1. The molecule has 0 radical (unpaired) electrons. The number of hydrogen-bond acceptors (Lipinski definition) is 2. The first-order valence-electron chi connectivity index (χ1n) is 5.69. The van der Waals surface area contributed by atoms with E-state index in [4.69, 9.17) is 0 Å². The average Bonchev–Trinajstić information content (AvgIpc) is 2.35. The van der Waals surface area contributed by atoms with Crippen molar-refractivity contribution in [2.45, 2.75) is 25.4 Å². The second kappa shape index (κ2) is 4.63. The van der Waals surface area contributed by atoms with Gasteiger partial charge in [-0.25, -0.2) is 0 Å². The van der Waals surface area contributed by atoms with E-state index < -0.39 is 23.6 Å². The fourth-order valence-corrected chi connectivity index (χ4v) is 2.42. The van der Waals surface area contributed by atoms with Gasteiger partial charge in [0.15, 0.2) is 0 Å². The van der Waals surface area contributed by atoms with Crippen LogP contribution in [0.25, 0.3) is 0 Å². The highest BCUT2D eigenvalue weighted by Crippen LogP contribution is 2.37. The Kier molecular flexibility index (Phi) is 3.32. The molecule has 5 heteroatoms. The Hall–Kier alpha value is -1.52. The number of aryl methyl sites for hydroxylation is 1. The number of alkyl halides is 3. The summed E-state index contributed by atoms with van der Waals surface area (Å²) in [5, 5.41) is 0. The van der Waals surface area contributed by atoms with Crippen LogP contribution in [0.3, 0.4) is 0 Å². The van der Waals surface area contributed by atoms with Crippen LogP contribution in [0.2, 0.25) is 0 Å². The molecule has 1 aliphatic carbocycles. The van der Waals surface area contributed by atoms with Crippen molar-refractivity contribution >= 4 is 5.97 Å². The molecule has 0 aliphatic heterocycles. The summed E-state index contributed by atoms with van der Waals surface area (Å²) in [5.41, 5.74) is 0.297. The quantitative estimate of drug-likeness (QED) is 0.724. The van der Waals surface area contributed by atoms with Crippen molar-refractivity contribution in [1.29, 1.82) is 0 Å². The molecule has 1 aliphatic rings. The zero-order valence-electron chi connectivity index (χ0n) is 9.88. The number of methoxy groups -OCH3 is 1. The van der Waals surface area contributed by atoms with E-state index in [9.17, 15) is 18.0 Å². The minimum atomic E-state index is -4.37. The second-order valence-corrected chi connectivity index (χ2v) is 4.40. The molecular weight excluding hydrogens is 245 g/mol. The van der Waals surface area contributed by atoms with E-state index in [1.807, 2.05) is 0 Å². The summed E-state index contributed by atoms with van der Waals surface area (Å²) < 4.78 is 43.2. The van der Waals surface area contributed by atoms with Crippen molar-refractivity contribution in [2.24, 2.45) is 5.92 Å². The number of halogens is 3. The largest absolute Gasteiger partial charge is 0.469 e. The number of ether oxygens (including phenoxy) is 1. The fourth-order valence-electron chi connectivity index (χ4n) is 2.42. The number of hydrogen-bond donors (Lipinski definition) is 0. The topological polar surface area (TPSA) is 26.3 Å². The van der Waals surface area contributed by atoms with Gasteiger partial charge in [0.1, 0.15) is 0 Å². The lowest BCUT2D eigenvalue weighted by Crippen LogP contribution is -2.26. The Labute approximate surface area is 103 Å². The maximum atomic E-state index is 12.9. The Balaban J connectivity index is 2.38. The van der Waals surface area contributed by atoms with E-state index >= 15 is 0 Å². The first-order valence-corrected chi connectivity index (χ1v) is 5.69. The van der Waals surface area contributed by atoms with Crippen LogP contribution in [0.4, 0.5) is 13.2 Å². The third kappa shape index (κ3) is 2.35. The van der Waals surface area contributed by atoms with E-state index in [1.165, 1.54) is 13.2 Å². The van der Waals surface area contributed by atoms with Crippen LogP contribution >= 0.6 is 0 Å². The summed E-state index contributed by atoms with van der Waals surface area (Å²) in [7, 11) is 1.26. The van der Waals surface area contributed by atoms with Crippen LogP contribution < -0.4 is 0 Å². The second-order valence-electron chi connectivity index (χ2n) is 4.40. The molecule has 0 N–H and O–H groups in total. The molecule has 1 aromatic carbocycles. The van der Waals surface area contributed by atoms with Crippen molar-refractivity contribution in [3.8, 4) is 0 Å². The normalized spacial score (nSPS) is 19.2. The van der Waals surface area contributed by atoms with Crippen molar-refractivity contribution in [3.63, 3.8) is 0 Å². The van der Waals surface area contributed by atoms with Crippen molar-refractivity contribution < 1.29 is 22.7 Å². The molecule has 0 bridgehead atoms. The van der Waals surface area contributed by atoms with Gasteiger partial charge in [-0.05, 0) is 36.5 Å². The van der Waals surface area contributed by atoms with Crippen molar-refractivity contribution in [3.05, 3.63) is 34.9 Å². The van der Waals surface area contributed by atoms with Crippen LogP contribution in [0, 0.1) is 5.92 Å². The minimum Gasteiger partial charge on any atom is -0.469 e. The zero-order valence-corrected chi connectivity index (χ0v) is 9.88. The zero-order chi connectivity index (χ0) is 13.3. The molecule has 2 nitrogen and oxygen atoms in total. The Morgan fingerprint density at radius 3 is 2.72 bits per heavy atom. The molecular formula is C13H13F3O2. The van der Waals surface area contributed by atoms with E-state index in [0.29, 0.717) is 18.4 Å². The maximum absolute atomic E-state index is 12.9. The summed E-state index contributed by atoms with van der Waals surface area (Å²) in [4.78, 5) is 11.4. The van der Waals surface area contributed by atoms with Gasteiger partial charge in [0.05, 0.1) is 18.6 Å². The highest BCUT2D eigenvalue weighted by atomic mass is 19.4. The van der Waals surface area contributed by atoms with Gasteiger partial charge >= 0.3 is 12.1 Å². The van der Waals surface area contributed by atoms with Gasteiger partial charge in [-0.2, -0.15) is 13.2 Å².